The molecule has 0 spiro atoms. The molecule has 2 N–H and O–H groups in total. The van der Waals surface area contributed by atoms with Crippen LogP contribution in [0.1, 0.15) is 0 Å². The summed E-state index contributed by atoms with van der Waals surface area (Å²) in [4.78, 5) is 17.0. The van der Waals surface area contributed by atoms with Gasteiger partial charge in [-0.15, -0.1) is 5.11 Å². The zero-order valence-corrected chi connectivity index (χ0v) is 5.85. The average molecular weight is 163 g/mol. The highest BCUT2D eigenvalue weighted by atomic mass is 31.2. The van der Waals surface area contributed by atoms with Gasteiger partial charge < -0.3 is 9.79 Å². The van der Waals surface area contributed by atoms with Crippen LogP contribution in [0.4, 0.5) is 0 Å². The van der Waals surface area contributed by atoms with Crippen LogP contribution in [-0.4, -0.2) is 21.1 Å². The van der Waals surface area contributed by atoms with E-state index in [0.717, 1.165) is 0 Å². The van der Waals surface area contributed by atoms with Crippen molar-refractivity contribution in [2.24, 2.45) is 10.3 Å². The van der Waals surface area contributed by atoms with E-state index in [-0.39, 0.29) is 6.54 Å². The topological polar surface area (TPSA) is 85.5 Å². The van der Waals surface area contributed by atoms with E-state index in [9.17, 15) is 4.57 Å². The lowest BCUT2D eigenvalue weighted by Crippen LogP contribution is -2.14. The van der Waals surface area contributed by atoms with Crippen LogP contribution in [0.15, 0.2) is 22.6 Å². The first-order valence-corrected chi connectivity index (χ1v) is 4.06. The lowest BCUT2D eigenvalue weighted by molar-refractivity contribution is 0.276. The van der Waals surface area contributed by atoms with Crippen molar-refractivity contribution in [1.82, 2.24) is 4.78 Å². The number of rotatable bonds is 1. The molecule has 0 aromatic rings. The fraction of sp³-hybridized carbons (Fsp3) is 0.333. The molecule has 0 saturated carbocycles. The van der Waals surface area contributed by atoms with Gasteiger partial charge in [0.2, 0.25) is 0 Å². The van der Waals surface area contributed by atoms with Gasteiger partial charge in [0.15, 0.2) is 0 Å². The zero-order valence-electron chi connectivity index (χ0n) is 4.95. The van der Waals surface area contributed by atoms with Crippen molar-refractivity contribution < 1.29 is 14.4 Å². The summed E-state index contributed by atoms with van der Waals surface area (Å²) >= 11 is 0. The Kier molecular flexibility index (Phi) is 1.85. The lowest BCUT2D eigenvalue weighted by atomic mass is 10.6. The van der Waals surface area contributed by atoms with Gasteiger partial charge in [0, 0.05) is 6.20 Å². The van der Waals surface area contributed by atoms with Gasteiger partial charge in [-0.05, 0) is 6.08 Å². The highest BCUT2D eigenvalue weighted by molar-refractivity contribution is 7.49. The van der Waals surface area contributed by atoms with Gasteiger partial charge in [-0.1, -0.05) is 5.22 Å². The first-order valence-electron chi connectivity index (χ1n) is 2.50. The molecule has 0 amide bonds. The Bertz CT molecular complexity index is 219. The van der Waals surface area contributed by atoms with Crippen LogP contribution < -0.4 is 0 Å². The number of nitrogens with zero attached hydrogens (tertiary/aromatic N) is 3. The monoisotopic (exact) mass is 163 g/mol. The molecule has 10 heavy (non-hydrogen) atoms. The quantitative estimate of drug-likeness (QED) is 0.543. The number of hydrogen-bond donors (Lipinski definition) is 2. The summed E-state index contributed by atoms with van der Waals surface area (Å²) in [6.45, 7) is 0.105. The van der Waals surface area contributed by atoms with Crippen LogP contribution in [0.2, 0.25) is 0 Å². The average Bonchev–Trinajstić information content (AvgIpc) is 1.88. The Labute approximate surface area is 57.1 Å². The third-order valence-electron chi connectivity index (χ3n) is 0.896. The molecule has 0 bridgehead atoms. The van der Waals surface area contributed by atoms with Crippen LogP contribution in [0.5, 0.6) is 0 Å². The third-order valence-corrected chi connectivity index (χ3v) is 1.74. The van der Waals surface area contributed by atoms with E-state index in [1.54, 1.807) is 0 Å². The van der Waals surface area contributed by atoms with Gasteiger partial charge in [-0.3, -0.25) is 0 Å². The molecule has 7 heteroatoms. The molecule has 0 aromatic heterocycles. The predicted molar refractivity (Wildman–Crippen MR) is 32.7 cm³/mol. The molecule has 1 aliphatic rings. The molecule has 1 heterocycles. The van der Waals surface area contributed by atoms with Crippen molar-refractivity contribution in [3.8, 4) is 0 Å². The highest BCUT2D eigenvalue weighted by Gasteiger charge is 2.23. The van der Waals surface area contributed by atoms with Gasteiger partial charge in [-0.25, -0.2) is 4.57 Å². The van der Waals surface area contributed by atoms with Gasteiger partial charge in [-0.2, -0.15) is 4.78 Å². The Morgan fingerprint density at radius 2 is 2.30 bits per heavy atom. The SMILES string of the molecule is O=P(O)(O)N1CC=CN=N1. The van der Waals surface area contributed by atoms with E-state index >= 15 is 0 Å². The number of hydrogen-bond acceptors (Lipinski definition) is 3. The molecule has 56 valence electrons. The second-order valence-corrected chi connectivity index (χ2v) is 3.15. The van der Waals surface area contributed by atoms with Gasteiger partial charge >= 0.3 is 7.75 Å². The van der Waals surface area contributed by atoms with Crippen molar-refractivity contribution in [2.45, 2.75) is 0 Å². The molecule has 0 atom stereocenters. The summed E-state index contributed by atoms with van der Waals surface area (Å²) in [6.07, 6.45) is 2.89. The summed E-state index contributed by atoms with van der Waals surface area (Å²) in [6, 6.07) is 0. The highest BCUT2D eigenvalue weighted by Crippen LogP contribution is 2.40. The Hall–Kier alpha value is -0.710. The van der Waals surface area contributed by atoms with Crippen LogP contribution in [-0.2, 0) is 4.57 Å². The van der Waals surface area contributed by atoms with Crippen LogP contribution in [0.25, 0.3) is 0 Å². The van der Waals surface area contributed by atoms with E-state index < -0.39 is 7.75 Å². The Morgan fingerprint density at radius 3 is 2.60 bits per heavy atom. The Morgan fingerprint density at radius 1 is 1.60 bits per heavy atom. The first-order chi connectivity index (χ1) is 4.61. The lowest BCUT2D eigenvalue weighted by Gasteiger charge is -2.17. The summed E-state index contributed by atoms with van der Waals surface area (Å²) in [5, 5.41) is 6.51. The molecule has 0 aliphatic carbocycles. The molecule has 0 fully saturated rings. The van der Waals surface area contributed by atoms with E-state index in [0.29, 0.717) is 4.78 Å². The van der Waals surface area contributed by atoms with Crippen LogP contribution >= 0.6 is 7.75 Å². The normalized spacial score (nSPS) is 18.0. The summed E-state index contributed by atoms with van der Waals surface area (Å²) in [5.74, 6) is 0. The maximum atomic E-state index is 10.4. The third kappa shape index (κ3) is 1.63. The first kappa shape index (κ1) is 7.40. The van der Waals surface area contributed by atoms with E-state index in [2.05, 4.69) is 10.3 Å². The second-order valence-electron chi connectivity index (χ2n) is 1.66. The van der Waals surface area contributed by atoms with E-state index in [1.165, 1.54) is 12.3 Å². The molecule has 0 saturated heterocycles. The fourth-order valence-electron chi connectivity index (χ4n) is 0.473. The minimum atomic E-state index is -4.22. The largest absolute Gasteiger partial charge is 0.447 e. The van der Waals surface area contributed by atoms with Crippen LogP contribution in [0.3, 0.4) is 0 Å². The molecular weight excluding hydrogens is 157 g/mol. The van der Waals surface area contributed by atoms with Crippen LogP contribution in [0, 0.1) is 0 Å². The Balaban J connectivity index is 2.69. The van der Waals surface area contributed by atoms with E-state index in [4.69, 9.17) is 9.79 Å². The molecule has 0 radical (unpaired) electrons. The van der Waals surface area contributed by atoms with Crippen molar-refractivity contribution in [3.05, 3.63) is 12.3 Å². The molecule has 1 aliphatic heterocycles. The maximum Gasteiger partial charge on any atom is 0.447 e. The molecular formula is C3H6N3O3P. The minimum Gasteiger partial charge on any atom is -0.307 e. The standard InChI is InChI=1S/C3H6N3O3P/c7-10(8,9)6-3-1-2-4-5-6/h1-2H,3H2,(H2,7,8,9). The van der Waals surface area contributed by atoms with Gasteiger partial charge in [0.05, 0.1) is 6.54 Å². The summed E-state index contributed by atoms with van der Waals surface area (Å²) < 4.78 is 11.0. The van der Waals surface area contributed by atoms with Gasteiger partial charge in [0.25, 0.3) is 0 Å². The predicted octanol–water partition coefficient (Wildman–Crippen LogP) is 0.276. The zero-order chi connectivity index (χ0) is 7.61. The summed E-state index contributed by atoms with van der Waals surface area (Å²) in [5.41, 5.74) is 0. The molecule has 0 aromatic carbocycles. The van der Waals surface area contributed by atoms with Crippen molar-refractivity contribution in [2.75, 3.05) is 6.54 Å². The van der Waals surface area contributed by atoms with Crippen molar-refractivity contribution in [3.63, 3.8) is 0 Å². The smallest absolute Gasteiger partial charge is 0.307 e. The van der Waals surface area contributed by atoms with Crippen molar-refractivity contribution >= 4 is 7.75 Å². The summed E-state index contributed by atoms with van der Waals surface area (Å²) in [7, 11) is -4.22. The van der Waals surface area contributed by atoms with Gasteiger partial charge in [0.1, 0.15) is 0 Å². The minimum absolute atomic E-state index is 0.105. The molecule has 1 rings (SSSR count). The van der Waals surface area contributed by atoms with E-state index in [1.807, 2.05) is 0 Å². The fourth-order valence-corrected chi connectivity index (χ4v) is 0.930. The second kappa shape index (κ2) is 2.49. The van der Waals surface area contributed by atoms with Crippen molar-refractivity contribution in [1.29, 1.82) is 0 Å². The maximum absolute atomic E-state index is 10.4. The molecule has 6 nitrogen and oxygen atoms in total. The molecule has 0 unspecified atom stereocenters.